The Morgan fingerprint density at radius 1 is 1.03 bits per heavy atom. The smallest absolute Gasteiger partial charge is 0.290 e. The average Bonchev–Trinajstić information content (AvgIpc) is 3.14. The summed E-state index contributed by atoms with van der Waals surface area (Å²) in [4.78, 5) is 31.4. The largest absolute Gasteiger partial charge is 0.493 e. The molecule has 2 heterocycles. The van der Waals surface area contributed by atoms with E-state index in [0.717, 1.165) is 37.2 Å². The van der Waals surface area contributed by atoms with Gasteiger partial charge in [0.25, 0.3) is 5.91 Å². The van der Waals surface area contributed by atoms with Gasteiger partial charge in [0.1, 0.15) is 5.58 Å². The second kappa shape index (κ2) is 10.5. The Hall–Kier alpha value is -3.32. The Bertz CT molecular complexity index is 1280. The molecule has 7 heteroatoms. The molecule has 0 radical (unpaired) electrons. The lowest BCUT2D eigenvalue weighted by atomic mass is 9.97. The zero-order valence-electron chi connectivity index (χ0n) is 21.2. The van der Waals surface area contributed by atoms with Crippen LogP contribution in [-0.4, -0.2) is 55.6 Å². The third kappa shape index (κ3) is 4.65. The molecule has 1 aliphatic rings. The van der Waals surface area contributed by atoms with Crippen molar-refractivity contribution < 1.29 is 18.7 Å². The number of amides is 1. The van der Waals surface area contributed by atoms with Gasteiger partial charge in [-0.3, -0.25) is 9.59 Å². The number of nitrogens with zero attached hydrogens (tertiary/aromatic N) is 2. The van der Waals surface area contributed by atoms with Gasteiger partial charge in [-0.25, -0.2) is 0 Å². The van der Waals surface area contributed by atoms with Crippen molar-refractivity contribution in [1.29, 1.82) is 0 Å². The van der Waals surface area contributed by atoms with Gasteiger partial charge in [0.05, 0.1) is 30.7 Å². The van der Waals surface area contributed by atoms with Crippen LogP contribution < -0.4 is 14.9 Å². The molecular formula is C28H34N2O5. The molecule has 2 aromatic carbocycles. The highest BCUT2D eigenvalue weighted by molar-refractivity contribution is 5.99. The van der Waals surface area contributed by atoms with Crippen LogP contribution in [0.1, 0.15) is 60.5 Å². The predicted octanol–water partition coefficient (Wildman–Crippen LogP) is 4.79. The molecule has 0 spiro atoms. The number of fused-ring (bicyclic) bond motifs is 2. The highest BCUT2D eigenvalue weighted by Gasteiger charge is 2.42. The summed E-state index contributed by atoms with van der Waals surface area (Å²) in [5.41, 5.74) is 2.41. The molecule has 0 saturated heterocycles. The molecular weight excluding hydrogens is 444 g/mol. The van der Waals surface area contributed by atoms with Gasteiger partial charge in [-0.15, -0.1) is 0 Å². The fourth-order valence-corrected chi connectivity index (χ4v) is 4.84. The minimum absolute atomic E-state index is 0.132. The first-order valence-corrected chi connectivity index (χ1v) is 12.3. The van der Waals surface area contributed by atoms with E-state index in [4.69, 9.17) is 13.9 Å². The van der Waals surface area contributed by atoms with Crippen molar-refractivity contribution in [3.8, 4) is 11.5 Å². The van der Waals surface area contributed by atoms with Crippen molar-refractivity contribution >= 4 is 16.9 Å². The molecule has 1 atom stereocenters. The van der Waals surface area contributed by atoms with E-state index in [-0.39, 0.29) is 17.1 Å². The first-order valence-electron chi connectivity index (χ1n) is 12.3. The fraction of sp³-hybridized carbons (Fsp3) is 0.429. The van der Waals surface area contributed by atoms with E-state index in [0.29, 0.717) is 41.2 Å². The second-order valence-electron chi connectivity index (χ2n) is 8.80. The minimum Gasteiger partial charge on any atom is -0.493 e. The van der Waals surface area contributed by atoms with Crippen molar-refractivity contribution in [2.24, 2.45) is 0 Å². The maximum Gasteiger partial charge on any atom is 0.290 e. The Balaban J connectivity index is 1.83. The standard InChI is InChI=1S/C28H34N2O5/c1-6-29(7-2)14-9-15-30-25(19-11-13-22(34-8-3)23(17-19)33-5)24-26(31)20-16-18(4)10-12-21(20)35-27(24)28(30)32/h10-13,16-17,25H,6-9,14-15H2,1-5H3/t25-/m0/s1. The highest BCUT2D eigenvalue weighted by Crippen LogP contribution is 2.41. The SMILES string of the molecule is CCOc1ccc([C@H]2c3c(oc4ccc(C)cc4c3=O)C(=O)N2CCCN(CC)CC)cc1OC. The quantitative estimate of drug-likeness (QED) is 0.417. The zero-order chi connectivity index (χ0) is 25.1. The highest BCUT2D eigenvalue weighted by atomic mass is 16.5. The van der Waals surface area contributed by atoms with Crippen LogP contribution in [-0.2, 0) is 0 Å². The summed E-state index contributed by atoms with van der Waals surface area (Å²) >= 11 is 0. The molecule has 0 unspecified atom stereocenters. The van der Waals surface area contributed by atoms with Gasteiger partial charge in [0.15, 0.2) is 16.9 Å². The molecule has 0 fully saturated rings. The molecule has 4 rings (SSSR count). The average molecular weight is 479 g/mol. The lowest BCUT2D eigenvalue weighted by molar-refractivity contribution is 0.0720. The van der Waals surface area contributed by atoms with Crippen molar-refractivity contribution in [3.63, 3.8) is 0 Å². The topological polar surface area (TPSA) is 72.2 Å². The Morgan fingerprint density at radius 3 is 2.49 bits per heavy atom. The number of carbonyl (C=O) groups excluding carboxylic acids is 1. The maximum absolute atomic E-state index is 13.7. The van der Waals surface area contributed by atoms with E-state index in [9.17, 15) is 9.59 Å². The molecule has 0 bridgehead atoms. The molecule has 3 aromatic rings. The number of benzene rings is 2. The number of methoxy groups -OCH3 is 1. The predicted molar refractivity (Wildman–Crippen MR) is 137 cm³/mol. The van der Waals surface area contributed by atoms with E-state index in [1.54, 1.807) is 18.1 Å². The summed E-state index contributed by atoms with van der Waals surface area (Å²) in [7, 11) is 1.59. The van der Waals surface area contributed by atoms with Gasteiger partial charge in [0, 0.05) is 6.54 Å². The summed E-state index contributed by atoms with van der Waals surface area (Å²) in [6.45, 7) is 11.9. The zero-order valence-corrected chi connectivity index (χ0v) is 21.2. The minimum atomic E-state index is -0.556. The number of aryl methyl sites for hydroxylation is 1. The Morgan fingerprint density at radius 2 is 1.80 bits per heavy atom. The second-order valence-corrected chi connectivity index (χ2v) is 8.80. The summed E-state index contributed by atoms with van der Waals surface area (Å²) in [5, 5.41) is 0.490. The molecule has 0 saturated carbocycles. The van der Waals surface area contributed by atoms with Crippen molar-refractivity contribution in [2.45, 2.75) is 40.2 Å². The molecule has 1 aromatic heterocycles. The summed E-state index contributed by atoms with van der Waals surface area (Å²) in [5.74, 6) is 1.07. The molecule has 1 amide bonds. The van der Waals surface area contributed by atoms with E-state index in [2.05, 4.69) is 18.7 Å². The Kier molecular flexibility index (Phi) is 7.45. The molecule has 7 nitrogen and oxygen atoms in total. The number of ether oxygens (including phenoxy) is 2. The van der Waals surface area contributed by atoms with Crippen LogP contribution in [0.15, 0.2) is 45.6 Å². The van der Waals surface area contributed by atoms with E-state index in [1.807, 2.05) is 44.2 Å². The first kappa shape index (κ1) is 24.8. The van der Waals surface area contributed by atoms with Crippen LogP contribution in [0.4, 0.5) is 0 Å². The van der Waals surface area contributed by atoms with Crippen LogP contribution in [0.2, 0.25) is 0 Å². The summed E-state index contributed by atoms with van der Waals surface area (Å²) in [6, 6.07) is 10.5. The Labute approximate surface area is 206 Å². The third-order valence-electron chi connectivity index (χ3n) is 6.69. The van der Waals surface area contributed by atoms with E-state index in [1.165, 1.54) is 0 Å². The third-order valence-corrected chi connectivity index (χ3v) is 6.69. The molecule has 186 valence electrons. The van der Waals surface area contributed by atoms with Gasteiger partial charge in [-0.05, 0) is 69.7 Å². The van der Waals surface area contributed by atoms with Gasteiger partial charge in [-0.2, -0.15) is 0 Å². The van der Waals surface area contributed by atoms with Crippen LogP contribution in [0.3, 0.4) is 0 Å². The molecule has 35 heavy (non-hydrogen) atoms. The maximum atomic E-state index is 13.7. The lowest BCUT2D eigenvalue weighted by Crippen LogP contribution is -2.33. The van der Waals surface area contributed by atoms with Gasteiger partial charge >= 0.3 is 0 Å². The lowest BCUT2D eigenvalue weighted by Gasteiger charge is -2.27. The van der Waals surface area contributed by atoms with E-state index < -0.39 is 6.04 Å². The van der Waals surface area contributed by atoms with Crippen molar-refractivity contribution in [2.75, 3.05) is 39.9 Å². The number of hydrogen-bond donors (Lipinski definition) is 0. The number of carbonyl (C=O) groups is 1. The van der Waals surface area contributed by atoms with Gasteiger partial charge in [-0.1, -0.05) is 31.5 Å². The number of rotatable bonds is 10. The van der Waals surface area contributed by atoms with Crippen LogP contribution in [0.5, 0.6) is 11.5 Å². The molecule has 0 aliphatic carbocycles. The van der Waals surface area contributed by atoms with E-state index >= 15 is 0 Å². The van der Waals surface area contributed by atoms with Crippen LogP contribution in [0, 0.1) is 6.92 Å². The summed E-state index contributed by atoms with van der Waals surface area (Å²) < 4.78 is 17.3. The van der Waals surface area contributed by atoms with Gasteiger partial charge in [0.2, 0.25) is 5.76 Å². The molecule has 0 N–H and O–H groups in total. The first-order chi connectivity index (χ1) is 16.9. The van der Waals surface area contributed by atoms with Crippen LogP contribution in [0.25, 0.3) is 11.0 Å². The number of hydrogen-bond acceptors (Lipinski definition) is 6. The molecule has 1 aliphatic heterocycles. The van der Waals surface area contributed by atoms with Crippen molar-refractivity contribution in [3.05, 3.63) is 69.1 Å². The van der Waals surface area contributed by atoms with Crippen LogP contribution >= 0.6 is 0 Å². The fourth-order valence-electron chi connectivity index (χ4n) is 4.84. The summed E-state index contributed by atoms with van der Waals surface area (Å²) in [6.07, 6.45) is 0.791. The monoisotopic (exact) mass is 478 g/mol. The van der Waals surface area contributed by atoms with Crippen molar-refractivity contribution in [1.82, 2.24) is 9.80 Å². The normalized spacial score (nSPS) is 15.2. The van der Waals surface area contributed by atoms with Gasteiger partial charge < -0.3 is 23.7 Å².